The number of ether oxygens (including phenoxy) is 1. The summed E-state index contributed by atoms with van der Waals surface area (Å²) in [4.78, 5) is 37.7. The first-order valence-corrected chi connectivity index (χ1v) is 7.78. The summed E-state index contributed by atoms with van der Waals surface area (Å²) in [5, 5.41) is 5.02. The fraction of sp³-hybridized carbons (Fsp3) is 0.667. The summed E-state index contributed by atoms with van der Waals surface area (Å²) in [6, 6.07) is 1.34. The SMILES string of the molecule is COC(=O)C1CCN(C(=O)c2cc(=O)[nH][nH]2)C2CCCCC12. The van der Waals surface area contributed by atoms with Crippen molar-refractivity contribution in [1.82, 2.24) is 15.1 Å². The average molecular weight is 307 g/mol. The molecule has 2 aliphatic rings. The number of aromatic amines is 2. The first-order chi connectivity index (χ1) is 10.6. The van der Waals surface area contributed by atoms with Gasteiger partial charge in [-0.15, -0.1) is 0 Å². The molecule has 7 nitrogen and oxygen atoms in total. The lowest BCUT2D eigenvalue weighted by Crippen LogP contribution is -2.54. The summed E-state index contributed by atoms with van der Waals surface area (Å²) < 4.78 is 4.93. The zero-order chi connectivity index (χ0) is 15.7. The molecule has 2 fully saturated rings. The standard InChI is InChI=1S/C15H21N3O4/c1-22-15(21)10-6-7-18(12-5-3-2-4-9(10)12)14(20)11-8-13(19)17-16-11/h8-10,12H,2-7H2,1H3,(H2,16,17,19). The highest BCUT2D eigenvalue weighted by atomic mass is 16.5. The van der Waals surface area contributed by atoms with Gasteiger partial charge in [0, 0.05) is 18.7 Å². The van der Waals surface area contributed by atoms with E-state index in [9.17, 15) is 14.4 Å². The van der Waals surface area contributed by atoms with Crippen LogP contribution in [-0.4, -0.2) is 46.7 Å². The average Bonchev–Trinajstić information content (AvgIpc) is 2.99. The smallest absolute Gasteiger partial charge is 0.309 e. The van der Waals surface area contributed by atoms with E-state index in [4.69, 9.17) is 4.74 Å². The molecule has 3 atom stereocenters. The van der Waals surface area contributed by atoms with Gasteiger partial charge < -0.3 is 9.64 Å². The van der Waals surface area contributed by atoms with Gasteiger partial charge in [0.25, 0.3) is 11.5 Å². The number of nitrogens with one attached hydrogen (secondary N) is 2. The number of rotatable bonds is 2. The Morgan fingerprint density at radius 1 is 1.23 bits per heavy atom. The predicted molar refractivity (Wildman–Crippen MR) is 78.3 cm³/mol. The van der Waals surface area contributed by atoms with E-state index in [2.05, 4.69) is 10.2 Å². The number of carbonyl (C=O) groups excluding carboxylic acids is 2. The van der Waals surface area contributed by atoms with E-state index in [0.717, 1.165) is 25.7 Å². The molecule has 0 aromatic carbocycles. The Bertz CT molecular complexity index is 620. The zero-order valence-electron chi connectivity index (χ0n) is 12.6. The highest BCUT2D eigenvalue weighted by Crippen LogP contribution is 2.39. The normalized spacial score (nSPS) is 28.0. The van der Waals surface area contributed by atoms with Gasteiger partial charge in [-0.1, -0.05) is 12.8 Å². The zero-order valence-corrected chi connectivity index (χ0v) is 12.6. The number of methoxy groups -OCH3 is 1. The summed E-state index contributed by atoms with van der Waals surface area (Å²) in [5.74, 6) is -0.299. The Morgan fingerprint density at radius 3 is 2.68 bits per heavy atom. The summed E-state index contributed by atoms with van der Waals surface area (Å²) in [6.45, 7) is 0.521. The molecule has 3 unspecified atom stereocenters. The van der Waals surface area contributed by atoms with Crippen LogP contribution in [0.25, 0.3) is 0 Å². The van der Waals surface area contributed by atoms with Gasteiger partial charge in [0.1, 0.15) is 5.69 Å². The van der Waals surface area contributed by atoms with Crippen molar-refractivity contribution in [2.75, 3.05) is 13.7 Å². The molecular formula is C15H21N3O4. The Morgan fingerprint density at radius 2 is 2.00 bits per heavy atom. The molecular weight excluding hydrogens is 286 g/mol. The van der Waals surface area contributed by atoms with Crippen LogP contribution in [0.5, 0.6) is 0 Å². The van der Waals surface area contributed by atoms with Gasteiger partial charge in [-0.3, -0.25) is 24.6 Å². The molecule has 0 bridgehead atoms. The first-order valence-electron chi connectivity index (χ1n) is 7.78. The molecule has 1 saturated heterocycles. The number of aromatic nitrogens is 2. The van der Waals surface area contributed by atoms with Gasteiger partial charge >= 0.3 is 5.97 Å². The van der Waals surface area contributed by atoms with Crippen molar-refractivity contribution >= 4 is 11.9 Å². The lowest BCUT2D eigenvalue weighted by molar-refractivity contribution is -0.151. The number of piperidine rings is 1. The van der Waals surface area contributed by atoms with Crippen LogP contribution in [0, 0.1) is 11.8 Å². The van der Waals surface area contributed by atoms with Gasteiger partial charge in [0.05, 0.1) is 13.0 Å². The van der Waals surface area contributed by atoms with Crippen LogP contribution in [0.4, 0.5) is 0 Å². The van der Waals surface area contributed by atoms with Crippen LogP contribution in [-0.2, 0) is 9.53 Å². The first kappa shape index (κ1) is 14.9. The molecule has 22 heavy (non-hydrogen) atoms. The van der Waals surface area contributed by atoms with Crippen LogP contribution in [0.2, 0.25) is 0 Å². The van der Waals surface area contributed by atoms with Crippen molar-refractivity contribution in [2.24, 2.45) is 11.8 Å². The van der Waals surface area contributed by atoms with Crippen LogP contribution in [0.3, 0.4) is 0 Å². The van der Waals surface area contributed by atoms with Crippen LogP contribution in [0.1, 0.15) is 42.6 Å². The number of hydrogen-bond donors (Lipinski definition) is 2. The summed E-state index contributed by atoms with van der Waals surface area (Å²) >= 11 is 0. The van der Waals surface area contributed by atoms with Gasteiger partial charge in [0.15, 0.2) is 0 Å². The van der Waals surface area contributed by atoms with Crippen molar-refractivity contribution in [3.05, 3.63) is 22.1 Å². The second-order valence-electron chi connectivity index (χ2n) is 6.10. The topological polar surface area (TPSA) is 95.3 Å². The lowest BCUT2D eigenvalue weighted by atomic mass is 9.71. The number of H-pyrrole nitrogens is 2. The Kier molecular flexibility index (Phi) is 4.04. The number of esters is 1. The number of nitrogens with zero attached hydrogens (tertiary/aromatic N) is 1. The molecule has 3 rings (SSSR count). The fourth-order valence-electron chi connectivity index (χ4n) is 3.95. The fourth-order valence-corrected chi connectivity index (χ4v) is 3.95. The third-order valence-corrected chi connectivity index (χ3v) is 4.97. The summed E-state index contributed by atoms with van der Waals surface area (Å²) in [5.41, 5.74) is -0.0289. The third kappa shape index (κ3) is 2.55. The molecule has 2 heterocycles. The molecule has 0 radical (unpaired) electrons. The predicted octanol–water partition coefficient (Wildman–Crippen LogP) is 0.897. The number of likely N-dealkylation sites (tertiary alicyclic amines) is 1. The minimum atomic E-state index is -0.312. The maximum atomic E-state index is 12.6. The number of carbonyl (C=O) groups is 2. The highest BCUT2D eigenvalue weighted by Gasteiger charge is 2.44. The summed E-state index contributed by atoms with van der Waals surface area (Å²) in [7, 11) is 1.42. The maximum Gasteiger partial charge on any atom is 0.309 e. The van der Waals surface area contributed by atoms with E-state index in [1.165, 1.54) is 13.2 Å². The molecule has 120 valence electrons. The van der Waals surface area contributed by atoms with Crippen molar-refractivity contribution in [3.8, 4) is 0 Å². The molecule has 1 aromatic rings. The Balaban J connectivity index is 1.83. The van der Waals surface area contributed by atoms with Crippen LogP contribution in [0.15, 0.2) is 10.9 Å². The monoisotopic (exact) mass is 307 g/mol. The number of hydrogen-bond acceptors (Lipinski definition) is 4. The molecule has 7 heteroatoms. The van der Waals surface area contributed by atoms with E-state index in [1.54, 1.807) is 0 Å². The molecule has 1 amide bonds. The molecule has 1 aliphatic heterocycles. The van der Waals surface area contributed by atoms with E-state index in [0.29, 0.717) is 13.0 Å². The molecule has 0 spiro atoms. The molecule has 1 saturated carbocycles. The quantitative estimate of drug-likeness (QED) is 0.793. The third-order valence-electron chi connectivity index (χ3n) is 4.97. The summed E-state index contributed by atoms with van der Waals surface area (Å²) in [6.07, 6.45) is 4.60. The van der Waals surface area contributed by atoms with Gasteiger partial charge in [-0.05, 0) is 25.2 Å². The Hall–Kier alpha value is -2.05. The van der Waals surface area contributed by atoms with E-state index < -0.39 is 0 Å². The minimum Gasteiger partial charge on any atom is -0.469 e. The van der Waals surface area contributed by atoms with Crippen LogP contribution >= 0.6 is 0 Å². The largest absolute Gasteiger partial charge is 0.469 e. The van der Waals surface area contributed by atoms with E-state index in [-0.39, 0.29) is 41.0 Å². The molecule has 2 N–H and O–H groups in total. The van der Waals surface area contributed by atoms with E-state index >= 15 is 0 Å². The minimum absolute atomic E-state index is 0.0532. The van der Waals surface area contributed by atoms with Crippen molar-refractivity contribution < 1.29 is 14.3 Å². The number of amides is 1. The van der Waals surface area contributed by atoms with E-state index in [1.807, 2.05) is 4.90 Å². The second kappa shape index (κ2) is 5.98. The van der Waals surface area contributed by atoms with Crippen molar-refractivity contribution in [2.45, 2.75) is 38.1 Å². The maximum absolute atomic E-state index is 12.6. The lowest BCUT2D eigenvalue weighted by Gasteiger charge is -2.46. The second-order valence-corrected chi connectivity index (χ2v) is 6.10. The van der Waals surface area contributed by atoms with Crippen molar-refractivity contribution in [1.29, 1.82) is 0 Å². The van der Waals surface area contributed by atoms with Crippen LogP contribution < -0.4 is 5.56 Å². The van der Waals surface area contributed by atoms with Gasteiger partial charge in [0.2, 0.25) is 0 Å². The van der Waals surface area contributed by atoms with Gasteiger partial charge in [-0.2, -0.15) is 0 Å². The Labute approximate surface area is 128 Å². The molecule has 1 aromatic heterocycles. The highest BCUT2D eigenvalue weighted by molar-refractivity contribution is 5.92. The number of fused-ring (bicyclic) bond motifs is 1. The van der Waals surface area contributed by atoms with Gasteiger partial charge in [-0.25, -0.2) is 0 Å². The molecule has 1 aliphatic carbocycles. The van der Waals surface area contributed by atoms with Crippen molar-refractivity contribution in [3.63, 3.8) is 0 Å².